The molecule has 4 aliphatic rings. The first-order chi connectivity index (χ1) is 66.4. The summed E-state index contributed by atoms with van der Waals surface area (Å²) in [6, 6.07) is 47.8. The van der Waals surface area contributed by atoms with Crippen LogP contribution in [0.2, 0.25) is 15.1 Å². The van der Waals surface area contributed by atoms with Gasteiger partial charge in [0.15, 0.2) is 18.3 Å². The van der Waals surface area contributed by atoms with E-state index in [9.17, 15) is 19.5 Å². The number of halogens is 4. The zero-order valence-corrected chi connectivity index (χ0v) is 89.0. The molecular weight excluding hydrogens is 1950 g/mol. The number of nitrogens with zero attached hydrogens (tertiary/aromatic N) is 9. The first kappa shape index (κ1) is 103. The van der Waals surface area contributed by atoms with Gasteiger partial charge in [-0.25, -0.2) is 29.3 Å². The zero-order chi connectivity index (χ0) is 100. The van der Waals surface area contributed by atoms with Crippen molar-refractivity contribution in [2.45, 2.75) is 190 Å². The van der Waals surface area contributed by atoms with Crippen LogP contribution in [0, 0.1) is 20.8 Å². The van der Waals surface area contributed by atoms with Crippen molar-refractivity contribution < 1.29 is 66.7 Å². The molecule has 0 aliphatic carbocycles. The van der Waals surface area contributed by atoms with E-state index in [2.05, 4.69) is 122 Å². The smallest absolute Gasteiger partial charge is 0.479 e. The van der Waals surface area contributed by atoms with E-state index in [1.807, 2.05) is 209 Å². The number of carbonyl (C=O) groups is 3. The highest BCUT2D eigenvalue weighted by molar-refractivity contribution is 9.10. The van der Waals surface area contributed by atoms with E-state index < -0.39 is 53.0 Å². The number of thiazole rings is 3. The predicted molar refractivity (Wildman–Crippen MR) is 569 cm³/mol. The van der Waals surface area contributed by atoms with Crippen LogP contribution in [0.5, 0.6) is 0 Å². The first-order valence-electron chi connectivity index (χ1n) is 46.9. The number of carbonyl (C=O) groups excluding carboxylic acids is 2. The van der Waals surface area contributed by atoms with Gasteiger partial charge in [-0.2, -0.15) is 15.3 Å². The zero-order valence-electron chi connectivity index (χ0n) is 82.7. The normalized spacial score (nSPS) is 15.8. The molecule has 23 nitrogen and oxygen atoms in total. The number of ether oxygens (including phenoxy) is 8. The fourth-order valence-corrected chi connectivity index (χ4v) is 22.1. The fraction of sp³-hybridized carbons (Fsp3) is 0.367. The van der Waals surface area contributed by atoms with Crippen LogP contribution < -0.4 is 0 Å². The van der Waals surface area contributed by atoms with Gasteiger partial charge in [-0.05, 0) is 319 Å². The van der Waals surface area contributed by atoms with Crippen LogP contribution in [-0.2, 0) is 82.7 Å². The Bertz CT molecular complexity index is 7320. The molecule has 0 bridgehead atoms. The topological polar surface area (TPSA) is 256 Å². The molecule has 1 N–H and O–H groups in total. The van der Waals surface area contributed by atoms with Gasteiger partial charge < -0.3 is 52.3 Å². The second kappa shape index (κ2) is 42.0. The van der Waals surface area contributed by atoms with E-state index in [1.165, 1.54) is 16.6 Å². The number of carboxylic acid groups (broad SMARTS) is 1. The summed E-state index contributed by atoms with van der Waals surface area (Å²) in [4.78, 5) is 54.7. The Labute approximate surface area is 851 Å². The monoisotopic (exact) mass is 2070 g/mol. The molecule has 730 valence electrons. The molecule has 19 rings (SSSR count). The summed E-state index contributed by atoms with van der Waals surface area (Å²) in [6.07, 6.45) is 5.89. The van der Waals surface area contributed by atoms with E-state index in [1.54, 1.807) is 47.9 Å². The van der Waals surface area contributed by atoms with Crippen molar-refractivity contribution >= 4 is 184 Å². The Morgan fingerprint density at radius 1 is 0.450 bits per heavy atom. The second-order valence-corrected chi connectivity index (χ2v) is 44.2. The molecule has 4 aliphatic heterocycles. The quantitative estimate of drug-likeness (QED) is 0.0549. The molecule has 0 unspecified atom stereocenters. The minimum atomic E-state index is -1.16. The average molecular weight is 2070 g/mol. The van der Waals surface area contributed by atoms with E-state index in [0.717, 1.165) is 198 Å². The third-order valence-corrected chi connectivity index (χ3v) is 29.7. The molecular formula is C109H116BBrCl3N9O14S3. The summed E-state index contributed by atoms with van der Waals surface area (Å²) in [5.41, 5.74) is 22.0. The molecule has 3 atom stereocenters. The van der Waals surface area contributed by atoms with Gasteiger partial charge in [-0.15, -0.1) is 34.0 Å². The molecule has 6 aromatic heterocycles. The Morgan fingerprint density at radius 3 is 1.09 bits per heavy atom. The third kappa shape index (κ3) is 22.4. The van der Waals surface area contributed by atoms with Crippen LogP contribution in [0.3, 0.4) is 0 Å². The number of esters is 2. The van der Waals surface area contributed by atoms with Crippen LogP contribution >= 0.6 is 84.7 Å². The van der Waals surface area contributed by atoms with Crippen LogP contribution in [0.4, 0.5) is 0 Å². The summed E-state index contributed by atoms with van der Waals surface area (Å²) in [7, 11) is 5.68. The van der Waals surface area contributed by atoms with Gasteiger partial charge in [0.05, 0.1) is 139 Å². The van der Waals surface area contributed by atoms with Crippen molar-refractivity contribution in [3.05, 3.63) is 234 Å². The largest absolute Gasteiger partial charge is 0.490 e. The van der Waals surface area contributed by atoms with Crippen LogP contribution in [-0.4, -0.2) is 155 Å². The molecule has 0 saturated carbocycles. The number of carboxylic acids is 1. The number of hydrogen-bond acceptors (Lipinski definition) is 22. The summed E-state index contributed by atoms with van der Waals surface area (Å²) in [5, 5.41) is 32.2. The maximum absolute atomic E-state index is 13.5. The van der Waals surface area contributed by atoms with Crippen LogP contribution in [0.15, 0.2) is 174 Å². The Morgan fingerprint density at radius 2 is 0.764 bits per heavy atom. The minimum Gasteiger partial charge on any atom is -0.479 e. The highest BCUT2D eigenvalue weighted by Gasteiger charge is 2.52. The van der Waals surface area contributed by atoms with E-state index in [0.29, 0.717) is 53.7 Å². The molecule has 1 saturated heterocycles. The minimum absolute atomic E-state index is 0.182. The van der Waals surface area contributed by atoms with E-state index >= 15 is 0 Å². The average Bonchev–Trinajstić information content (AvgIpc) is 1.54. The van der Waals surface area contributed by atoms with Crippen molar-refractivity contribution in [1.82, 2.24) is 44.3 Å². The number of rotatable bonds is 20. The first-order valence-corrected chi connectivity index (χ1v) is 51.2. The lowest BCUT2D eigenvalue weighted by Gasteiger charge is -2.32. The van der Waals surface area contributed by atoms with Crippen molar-refractivity contribution in [3.8, 4) is 65.1 Å². The van der Waals surface area contributed by atoms with E-state index in [-0.39, 0.29) is 31.5 Å². The van der Waals surface area contributed by atoms with Crippen molar-refractivity contribution in [3.63, 3.8) is 0 Å². The summed E-state index contributed by atoms with van der Waals surface area (Å²) >= 11 is 27.1. The summed E-state index contributed by atoms with van der Waals surface area (Å²) in [5.74, 6) is -1.87. The number of aryl methyl sites for hydroxylation is 6. The number of aromatic nitrogens is 9. The fourth-order valence-electron chi connectivity index (χ4n) is 17.8. The molecule has 0 spiro atoms. The van der Waals surface area contributed by atoms with E-state index in [4.69, 9.17) is 107 Å². The Hall–Kier alpha value is -10.2. The van der Waals surface area contributed by atoms with Gasteiger partial charge in [-0.1, -0.05) is 89.4 Å². The highest BCUT2D eigenvalue weighted by atomic mass is 79.9. The maximum Gasteiger partial charge on any atom is 0.490 e. The van der Waals surface area contributed by atoms with Crippen LogP contribution in [0.1, 0.15) is 186 Å². The standard InChI is InChI=1S/C35H36ClN3O4S.C33H32ClN3O4S.C30H29BrClN3O3S.C11H19BO3/c1-7-42-34(40)31(43-35(3,4)5)28-20(2)18-26-32(29(28)21-8-11-24(36)12-9-21)44-33(37-26)23-10-13-27-25(19-23)30(38-39(27)6)22-14-16-41-17-15-22;1-18-16-24-30(27(19-6-9-22(34)10-7-19)26(18)29(32(38)39)41-33(2,3)4)42-31(35-24)21-8-11-25-23(17-21)28(36-37(25)5)20-12-14-40-15-13-20;1-7-37-29(36)25(38-30(3,4)5)23-16(2)14-21-26(24(23)17-8-11-19(32)12-9-17)39-28(33-21)18-10-13-22-20(15-18)27(31)34-35(22)6;1-10(2)11(3,4)15-12(14-10)9-5-7-13-8-6-9/h8-14,18-19,31H,7,15-17H2,1-6H3;6-12,16-17,29H,13-15H2,1-5H3,(H,38,39);8-15,25H,7H2,1-6H3;5H,6-8H2,1-4H3/t31-;29-;25-;/m000./s1. The summed E-state index contributed by atoms with van der Waals surface area (Å²) in [6.45, 7) is 39.6. The number of aliphatic carboxylic acids is 1. The number of fused-ring (bicyclic) bond motifs is 6. The molecule has 31 heteroatoms. The lowest BCUT2D eigenvalue weighted by molar-refractivity contribution is -0.167. The Kier molecular flexibility index (Phi) is 30.8. The van der Waals surface area contributed by atoms with Gasteiger partial charge in [-0.3, -0.25) is 14.0 Å². The SMILES string of the molecule is CC1(C)OB(C2=CCOCC2)OC1(C)C.CCOC(=O)[C@@H](OC(C)(C)C)c1c(C)cc2nc(-c3ccc4c(c3)c(Br)nn4C)sc2c1-c1ccc(Cl)cc1.CCOC(=O)[C@@H](OC(C)(C)C)c1c(C)cc2nc(-c3ccc4c(c3)c(C3=CCOCC3)nn4C)sc2c1-c1ccc(Cl)cc1.Cc1cc2nc(-c3ccc4c(c3)c(C3=CCOCC3)nn4C)sc2c(-c2ccc(Cl)cc2)c1[C@H](OC(C)(C)C)C(=O)O. The van der Waals surface area contributed by atoms with Crippen LogP contribution in [0.25, 0.3) is 140 Å². The highest BCUT2D eigenvalue weighted by Crippen LogP contribution is 2.51. The van der Waals surface area contributed by atoms with Crippen molar-refractivity contribution in [1.29, 1.82) is 0 Å². The van der Waals surface area contributed by atoms with Gasteiger partial charge in [0.25, 0.3) is 0 Å². The number of hydrogen-bond donors (Lipinski definition) is 1. The molecule has 15 aromatic rings. The second-order valence-electron chi connectivity index (χ2n) is 39.1. The third-order valence-electron chi connectivity index (χ3n) is 24.9. The van der Waals surface area contributed by atoms with Gasteiger partial charge >= 0.3 is 25.0 Å². The molecule has 0 amide bonds. The lowest BCUT2D eigenvalue weighted by atomic mass is 9.75. The number of benzene rings is 9. The molecule has 9 aromatic carbocycles. The maximum atomic E-state index is 13.5. The Balaban J connectivity index is 0.000000141. The van der Waals surface area contributed by atoms with Gasteiger partial charge in [0.2, 0.25) is 0 Å². The predicted octanol–water partition coefficient (Wildman–Crippen LogP) is 27.6. The molecule has 140 heavy (non-hydrogen) atoms. The van der Waals surface area contributed by atoms with Crippen molar-refractivity contribution in [2.24, 2.45) is 21.1 Å². The lowest BCUT2D eigenvalue weighted by Crippen LogP contribution is -2.41. The van der Waals surface area contributed by atoms with Crippen molar-refractivity contribution in [2.75, 3.05) is 52.9 Å². The van der Waals surface area contributed by atoms with Gasteiger partial charge in [0, 0.05) is 102 Å². The molecule has 1 fully saturated rings. The summed E-state index contributed by atoms with van der Waals surface area (Å²) < 4.78 is 67.6. The molecule has 0 radical (unpaired) electrons. The van der Waals surface area contributed by atoms with Gasteiger partial charge in [0.1, 0.15) is 19.6 Å². The molecule has 10 heterocycles.